The molecule has 0 fully saturated rings. The van der Waals surface area contributed by atoms with Crippen LogP contribution >= 0.6 is 0 Å². The van der Waals surface area contributed by atoms with Crippen molar-refractivity contribution in [2.24, 2.45) is 0 Å². The lowest BCUT2D eigenvalue weighted by Crippen LogP contribution is -2.29. The van der Waals surface area contributed by atoms with Gasteiger partial charge in [0.25, 0.3) is 0 Å². The zero-order valence-electron chi connectivity index (χ0n) is 9.63. The maximum Gasteiger partial charge on any atom is 0.213 e. The average molecular weight is 253 g/mol. The van der Waals surface area contributed by atoms with Gasteiger partial charge in [-0.3, -0.25) is 4.98 Å². The van der Waals surface area contributed by atoms with Crippen LogP contribution in [0.1, 0.15) is 31.4 Å². The predicted molar refractivity (Wildman–Crippen MR) is 64.4 cm³/mol. The Kier molecular flexibility index (Phi) is 5.07. The third-order valence-corrected chi connectivity index (χ3v) is 3.65. The van der Waals surface area contributed by atoms with E-state index in [2.05, 4.69) is 9.71 Å². The van der Waals surface area contributed by atoms with Gasteiger partial charge in [-0.2, -0.15) is 9.98 Å². The number of nitrogens with one attached hydrogen (secondary N) is 1. The summed E-state index contributed by atoms with van der Waals surface area (Å²) in [4.78, 5) is 3.82. The van der Waals surface area contributed by atoms with E-state index in [1.54, 1.807) is 12.1 Å². The molecule has 92 valence electrons. The molecule has 17 heavy (non-hydrogen) atoms. The first-order valence-electron chi connectivity index (χ1n) is 5.38. The second-order valence-electron chi connectivity index (χ2n) is 3.63. The van der Waals surface area contributed by atoms with Gasteiger partial charge in [0.15, 0.2) is 0 Å². The Morgan fingerprint density at radius 1 is 1.47 bits per heavy atom. The summed E-state index contributed by atoms with van der Waals surface area (Å²) in [5, 5.41) is 8.97. The normalized spacial score (nSPS) is 12.9. The van der Waals surface area contributed by atoms with E-state index in [1.807, 2.05) is 13.0 Å². The van der Waals surface area contributed by atoms with Gasteiger partial charge in [0, 0.05) is 12.4 Å². The van der Waals surface area contributed by atoms with Crippen molar-refractivity contribution in [1.82, 2.24) is 9.71 Å². The molecule has 1 N–H and O–H groups in total. The number of pyridine rings is 1. The molecule has 1 heterocycles. The highest BCUT2D eigenvalue weighted by molar-refractivity contribution is 7.89. The second-order valence-corrected chi connectivity index (χ2v) is 5.51. The van der Waals surface area contributed by atoms with Crippen LogP contribution in [0, 0.1) is 11.3 Å². The van der Waals surface area contributed by atoms with Gasteiger partial charge in [-0.15, -0.1) is 0 Å². The maximum atomic E-state index is 11.7. The van der Waals surface area contributed by atoms with Crippen LogP contribution < -0.4 is 4.72 Å². The highest BCUT2D eigenvalue weighted by atomic mass is 32.2. The van der Waals surface area contributed by atoms with Crippen LogP contribution in [0.2, 0.25) is 0 Å². The Morgan fingerprint density at radius 3 is 2.65 bits per heavy atom. The minimum absolute atomic E-state index is 0.0484. The number of hydrogen-bond donors (Lipinski definition) is 1. The van der Waals surface area contributed by atoms with Crippen molar-refractivity contribution in [2.45, 2.75) is 25.8 Å². The van der Waals surface area contributed by atoms with Crippen molar-refractivity contribution in [2.75, 3.05) is 5.75 Å². The SMILES string of the molecule is CCCCS(=O)(=O)NC(C#N)c1ccncc1. The number of hydrogen-bond acceptors (Lipinski definition) is 4. The lowest BCUT2D eigenvalue weighted by Gasteiger charge is -2.11. The first kappa shape index (κ1) is 13.6. The van der Waals surface area contributed by atoms with Gasteiger partial charge in [0.05, 0.1) is 11.8 Å². The fourth-order valence-electron chi connectivity index (χ4n) is 1.30. The number of rotatable bonds is 6. The molecular formula is C11H15N3O2S. The number of sulfonamides is 1. The predicted octanol–water partition coefficient (Wildman–Crippen LogP) is 1.37. The van der Waals surface area contributed by atoms with E-state index in [4.69, 9.17) is 5.26 Å². The third kappa shape index (κ3) is 4.51. The largest absolute Gasteiger partial charge is 0.265 e. The minimum atomic E-state index is -3.40. The van der Waals surface area contributed by atoms with Gasteiger partial charge in [-0.25, -0.2) is 8.42 Å². The smallest absolute Gasteiger partial charge is 0.213 e. The third-order valence-electron chi connectivity index (χ3n) is 2.23. The van der Waals surface area contributed by atoms with E-state index in [9.17, 15) is 8.42 Å². The Balaban J connectivity index is 2.75. The molecule has 1 unspecified atom stereocenters. The zero-order valence-corrected chi connectivity index (χ0v) is 10.4. The molecule has 0 saturated carbocycles. The summed E-state index contributed by atoms with van der Waals surface area (Å²) in [7, 11) is -3.40. The quantitative estimate of drug-likeness (QED) is 0.830. The van der Waals surface area contributed by atoms with Gasteiger partial charge in [0.1, 0.15) is 6.04 Å². The van der Waals surface area contributed by atoms with Crippen molar-refractivity contribution >= 4 is 10.0 Å². The molecule has 5 nitrogen and oxygen atoms in total. The van der Waals surface area contributed by atoms with Crippen LogP contribution in [0.4, 0.5) is 0 Å². The van der Waals surface area contributed by atoms with Gasteiger partial charge in [0.2, 0.25) is 10.0 Å². The van der Waals surface area contributed by atoms with Crippen molar-refractivity contribution in [3.8, 4) is 6.07 Å². The van der Waals surface area contributed by atoms with E-state index in [0.29, 0.717) is 12.0 Å². The minimum Gasteiger partial charge on any atom is -0.265 e. The molecule has 0 aliphatic carbocycles. The molecule has 0 aliphatic rings. The summed E-state index contributed by atoms with van der Waals surface area (Å²) in [6, 6.07) is 4.33. The van der Waals surface area contributed by atoms with Crippen molar-refractivity contribution in [3.05, 3.63) is 30.1 Å². The van der Waals surface area contributed by atoms with E-state index < -0.39 is 16.1 Å². The number of unbranched alkanes of at least 4 members (excludes halogenated alkanes) is 1. The van der Waals surface area contributed by atoms with Crippen LogP contribution in [0.25, 0.3) is 0 Å². The van der Waals surface area contributed by atoms with Gasteiger partial charge < -0.3 is 0 Å². The van der Waals surface area contributed by atoms with Crippen LogP contribution in [0.3, 0.4) is 0 Å². The number of nitriles is 1. The molecule has 1 aromatic heterocycles. The fourth-order valence-corrected chi connectivity index (χ4v) is 2.63. The Morgan fingerprint density at radius 2 is 2.12 bits per heavy atom. The summed E-state index contributed by atoms with van der Waals surface area (Å²) in [5.41, 5.74) is 0.600. The standard InChI is InChI=1S/C11H15N3O2S/c1-2-3-8-17(15,16)14-11(9-12)10-4-6-13-7-5-10/h4-7,11,14H,2-3,8H2,1H3. The van der Waals surface area contributed by atoms with E-state index in [0.717, 1.165) is 6.42 Å². The second kappa shape index (κ2) is 6.33. The van der Waals surface area contributed by atoms with E-state index in [-0.39, 0.29) is 5.75 Å². The van der Waals surface area contributed by atoms with Crippen LogP contribution in [0.15, 0.2) is 24.5 Å². The van der Waals surface area contributed by atoms with E-state index in [1.165, 1.54) is 12.4 Å². The molecule has 0 aromatic carbocycles. The van der Waals surface area contributed by atoms with Crippen LogP contribution in [0.5, 0.6) is 0 Å². The highest BCUT2D eigenvalue weighted by Gasteiger charge is 2.18. The number of nitrogens with zero attached hydrogens (tertiary/aromatic N) is 2. The average Bonchev–Trinajstić information content (AvgIpc) is 2.35. The van der Waals surface area contributed by atoms with E-state index >= 15 is 0 Å². The van der Waals surface area contributed by atoms with Crippen LogP contribution in [-0.2, 0) is 10.0 Å². The Hall–Kier alpha value is -1.45. The van der Waals surface area contributed by atoms with Gasteiger partial charge >= 0.3 is 0 Å². The lowest BCUT2D eigenvalue weighted by atomic mass is 10.1. The molecule has 0 amide bonds. The molecule has 1 aromatic rings. The first-order chi connectivity index (χ1) is 8.09. The molecule has 0 bridgehead atoms. The van der Waals surface area contributed by atoms with Gasteiger partial charge in [-0.05, 0) is 24.1 Å². The summed E-state index contributed by atoms with van der Waals surface area (Å²) in [6.45, 7) is 1.92. The van der Waals surface area contributed by atoms with Crippen molar-refractivity contribution in [1.29, 1.82) is 5.26 Å². The van der Waals surface area contributed by atoms with Crippen molar-refractivity contribution < 1.29 is 8.42 Å². The monoisotopic (exact) mass is 253 g/mol. The molecule has 0 aliphatic heterocycles. The Labute approximate surface area is 102 Å². The summed E-state index contributed by atoms with van der Waals surface area (Å²) in [5.74, 6) is 0.0484. The number of aromatic nitrogens is 1. The molecule has 1 atom stereocenters. The summed E-state index contributed by atoms with van der Waals surface area (Å²) in [6.07, 6.45) is 4.44. The summed E-state index contributed by atoms with van der Waals surface area (Å²) >= 11 is 0. The topological polar surface area (TPSA) is 82.9 Å². The van der Waals surface area contributed by atoms with Crippen LogP contribution in [-0.4, -0.2) is 19.2 Å². The van der Waals surface area contributed by atoms with Crippen molar-refractivity contribution in [3.63, 3.8) is 0 Å². The Bertz CT molecular complexity index is 479. The fraction of sp³-hybridized carbons (Fsp3) is 0.455. The highest BCUT2D eigenvalue weighted by Crippen LogP contribution is 2.12. The first-order valence-corrected chi connectivity index (χ1v) is 7.04. The maximum absolute atomic E-state index is 11.7. The molecule has 0 saturated heterocycles. The summed E-state index contributed by atoms with van der Waals surface area (Å²) < 4.78 is 25.7. The molecule has 0 radical (unpaired) electrons. The lowest BCUT2D eigenvalue weighted by molar-refractivity contribution is 0.572. The molecule has 1 rings (SSSR count). The zero-order chi connectivity index (χ0) is 12.7. The molecule has 0 spiro atoms. The molecule has 6 heteroatoms. The van der Waals surface area contributed by atoms with Gasteiger partial charge in [-0.1, -0.05) is 13.3 Å². The molecular weight excluding hydrogens is 238 g/mol.